The predicted octanol–water partition coefficient (Wildman–Crippen LogP) is 1.81. The Morgan fingerprint density at radius 3 is 3.00 bits per heavy atom. The van der Waals surface area contributed by atoms with Crippen molar-refractivity contribution in [2.45, 2.75) is 20.3 Å². The summed E-state index contributed by atoms with van der Waals surface area (Å²) in [7, 11) is 0. The minimum Gasteiger partial charge on any atom is -0.377 e. The van der Waals surface area contributed by atoms with Crippen molar-refractivity contribution in [3.05, 3.63) is 11.1 Å². The molecule has 0 spiro atoms. The Balaban J connectivity index is 2.23. The lowest BCUT2D eigenvalue weighted by molar-refractivity contribution is 0.148. The van der Waals surface area contributed by atoms with Crippen molar-refractivity contribution in [2.75, 3.05) is 19.8 Å². The number of hydrogen-bond donors (Lipinski definition) is 0. The molecule has 0 saturated heterocycles. The van der Waals surface area contributed by atoms with Crippen molar-refractivity contribution < 1.29 is 4.74 Å². The highest BCUT2D eigenvalue weighted by Gasteiger charge is 2.23. The fourth-order valence-electron chi connectivity index (χ4n) is 1.89. The molecule has 0 aliphatic carbocycles. The molecule has 0 aromatic carbocycles. The van der Waals surface area contributed by atoms with Gasteiger partial charge in [-0.05, 0) is 23.5 Å². The molecule has 2 rings (SSSR count). The van der Waals surface area contributed by atoms with E-state index >= 15 is 0 Å². The van der Waals surface area contributed by atoms with Gasteiger partial charge in [-0.3, -0.25) is 4.99 Å². The molecule has 0 N–H and O–H groups in total. The molecule has 0 aromatic rings. The van der Waals surface area contributed by atoms with Gasteiger partial charge in [-0.15, -0.1) is 0 Å². The van der Waals surface area contributed by atoms with Crippen molar-refractivity contribution in [3.63, 3.8) is 0 Å². The van der Waals surface area contributed by atoms with E-state index in [1.165, 1.54) is 16.9 Å². The quantitative estimate of drug-likeness (QED) is 0.580. The first-order valence-electron chi connectivity index (χ1n) is 4.62. The zero-order valence-corrected chi connectivity index (χ0v) is 7.76. The van der Waals surface area contributed by atoms with Crippen molar-refractivity contribution in [1.29, 1.82) is 0 Å². The second kappa shape index (κ2) is 3.02. The molecule has 2 aliphatic heterocycles. The van der Waals surface area contributed by atoms with E-state index in [0.717, 1.165) is 26.2 Å². The zero-order chi connectivity index (χ0) is 8.55. The normalized spacial score (nSPS) is 23.1. The number of nitrogens with zero attached hydrogens (tertiary/aromatic N) is 1. The maximum Gasteiger partial charge on any atom is 0.0701 e. The Bertz CT molecular complexity index is 251. The van der Waals surface area contributed by atoms with Gasteiger partial charge in [-0.1, -0.05) is 13.8 Å². The molecule has 66 valence electrons. The van der Waals surface area contributed by atoms with Crippen LogP contribution >= 0.6 is 0 Å². The second-order valence-electron chi connectivity index (χ2n) is 3.74. The minimum absolute atomic E-state index is 0.579. The standard InChI is InChI=1S/C10H15NO/c1-7(2)10-9-3-4-12-6-8(9)5-11-10/h7H,3-6H2,1-2H3. The van der Waals surface area contributed by atoms with Gasteiger partial charge < -0.3 is 4.74 Å². The molecular formula is C10H15NO. The van der Waals surface area contributed by atoms with Crippen LogP contribution in [0.3, 0.4) is 0 Å². The van der Waals surface area contributed by atoms with Crippen molar-refractivity contribution in [2.24, 2.45) is 10.9 Å². The summed E-state index contributed by atoms with van der Waals surface area (Å²) in [6.45, 7) is 7.01. The summed E-state index contributed by atoms with van der Waals surface area (Å²) in [4.78, 5) is 4.54. The van der Waals surface area contributed by atoms with Crippen LogP contribution in [-0.4, -0.2) is 25.5 Å². The Labute approximate surface area is 73.3 Å². The maximum atomic E-state index is 5.38. The molecule has 0 amide bonds. The first-order chi connectivity index (χ1) is 5.79. The van der Waals surface area contributed by atoms with E-state index in [1.54, 1.807) is 0 Å². The van der Waals surface area contributed by atoms with Gasteiger partial charge in [0.25, 0.3) is 0 Å². The molecule has 12 heavy (non-hydrogen) atoms. The summed E-state index contributed by atoms with van der Waals surface area (Å²) in [5.74, 6) is 0.579. The highest BCUT2D eigenvalue weighted by molar-refractivity contribution is 6.04. The summed E-state index contributed by atoms with van der Waals surface area (Å²) >= 11 is 0. The molecule has 2 nitrogen and oxygen atoms in total. The average Bonchev–Trinajstić information content (AvgIpc) is 2.47. The first kappa shape index (κ1) is 7.99. The van der Waals surface area contributed by atoms with E-state index in [4.69, 9.17) is 4.74 Å². The molecule has 0 fully saturated rings. The summed E-state index contributed by atoms with van der Waals surface area (Å²) in [5.41, 5.74) is 4.24. The monoisotopic (exact) mass is 165 g/mol. The van der Waals surface area contributed by atoms with Gasteiger partial charge in [-0.25, -0.2) is 0 Å². The summed E-state index contributed by atoms with van der Waals surface area (Å²) < 4.78 is 5.38. The Kier molecular flexibility index (Phi) is 2.01. The fraction of sp³-hybridized carbons (Fsp3) is 0.700. The Hall–Kier alpha value is -0.630. The van der Waals surface area contributed by atoms with Crippen molar-refractivity contribution in [3.8, 4) is 0 Å². The molecule has 0 aromatic heterocycles. The van der Waals surface area contributed by atoms with Crippen LogP contribution in [0.5, 0.6) is 0 Å². The van der Waals surface area contributed by atoms with Gasteiger partial charge in [0.1, 0.15) is 0 Å². The average molecular weight is 165 g/mol. The van der Waals surface area contributed by atoms with Crippen LogP contribution in [-0.2, 0) is 4.74 Å². The smallest absolute Gasteiger partial charge is 0.0701 e. The molecule has 0 atom stereocenters. The van der Waals surface area contributed by atoms with E-state index in [1.807, 2.05) is 0 Å². The zero-order valence-electron chi connectivity index (χ0n) is 7.76. The number of ether oxygens (including phenoxy) is 1. The molecule has 2 heteroatoms. The summed E-state index contributed by atoms with van der Waals surface area (Å²) in [5, 5.41) is 0. The summed E-state index contributed by atoms with van der Waals surface area (Å²) in [6.07, 6.45) is 1.08. The van der Waals surface area contributed by atoms with Crippen LogP contribution in [0.2, 0.25) is 0 Å². The third-order valence-electron chi connectivity index (χ3n) is 2.50. The van der Waals surface area contributed by atoms with Crippen LogP contribution in [0.25, 0.3) is 0 Å². The number of hydrogen-bond acceptors (Lipinski definition) is 2. The third-order valence-corrected chi connectivity index (χ3v) is 2.50. The van der Waals surface area contributed by atoms with Crippen LogP contribution in [0.1, 0.15) is 20.3 Å². The topological polar surface area (TPSA) is 21.6 Å². The van der Waals surface area contributed by atoms with Gasteiger partial charge in [0.15, 0.2) is 0 Å². The lowest BCUT2D eigenvalue weighted by atomic mass is 9.95. The van der Waals surface area contributed by atoms with E-state index in [9.17, 15) is 0 Å². The highest BCUT2D eigenvalue weighted by atomic mass is 16.5. The van der Waals surface area contributed by atoms with Crippen LogP contribution in [0.4, 0.5) is 0 Å². The predicted molar refractivity (Wildman–Crippen MR) is 49.6 cm³/mol. The molecular weight excluding hydrogens is 150 g/mol. The number of rotatable bonds is 1. The highest BCUT2D eigenvalue weighted by Crippen LogP contribution is 2.26. The molecule has 0 saturated carbocycles. The van der Waals surface area contributed by atoms with Gasteiger partial charge in [-0.2, -0.15) is 0 Å². The largest absolute Gasteiger partial charge is 0.377 e. The van der Waals surface area contributed by atoms with Crippen molar-refractivity contribution in [1.82, 2.24) is 0 Å². The van der Waals surface area contributed by atoms with Gasteiger partial charge in [0.2, 0.25) is 0 Å². The first-order valence-corrected chi connectivity index (χ1v) is 4.62. The lowest BCUT2D eigenvalue weighted by Crippen LogP contribution is -2.16. The molecule has 2 heterocycles. The van der Waals surface area contributed by atoms with E-state index in [2.05, 4.69) is 18.8 Å². The fourth-order valence-corrected chi connectivity index (χ4v) is 1.89. The third kappa shape index (κ3) is 1.20. The van der Waals surface area contributed by atoms with E-state index in [0.29, 0.717) is 5.92 Å². The van der Waals surface area contributed by atoms with Crippen molar-refractivity contribution >= 4 is 5.71 Å². The molecule has 0 radical (unpaired) electrons. The van der Waals surface area contributed by atoms with Crippen LogP contribution in [0.15, 0.2) is 16.1 Å². The Morgan fingerprint density at radius 1 is 1.42 bits per heavy atom. The second-order valence-corrected chi connectivity index (χ2v) is 3.74. The molecule has 2 aliphatic rings. The van der Waals surface area contributed by atoms with Gasteiger partial charge in [0, 0.05) is 5.71 Å². The summed E-state index contributed by atoms with van der Waals surface area (Å²) in [6, 6.07) is 0. The Morgan fingerprint density at radius 2 is 2.25 bits per heavy atom. The number of aliphatic imine (C=N–C) groups is 1. The van der Waals surface area contributed by atoms with Gasteiger partial charge >= 0.3 is 0 Å². The minimum atomic E-state index is 0.579. The van der Waals surface area contributed by atoms with Crippen LogP contribution < -0.4 is 0 Å². The molecule has 0 bridgehead atoms. The van der Waals surface area contributed by atoms with Gasteiger partial charge in [0.05, 0.1) is 19.8 Å². The van der Waals surface area contributed by atoms with E-state index in [-0.39, 0.29) is 0 Å². The molecule has 0 unspecified atom stereocenters. The van der Waals surface area contributed by atoms with Crippen LogP contribution in [0, 0.1) is 5.92 Å². The maximum absolute atomic E-state index is 5.38. The van der Waals surface area contributed by atoms with E-state index < -0.39 is 0 Å². The SMILES string of the molecule is CC(C)C1=NCC2=C1CCOC2. The lowest BCUT2D eigenvalue weighted by Gasteiger charge is -2.17.